The number of carbonyl (C=O) groups is 3. The number of amides is 4. The Morgan fingerprint density at radius 3 is 2.42 bits per heavy atom. The van der Waals surface area contributed by atoms with Crippen molar-refractivity contribution >= 4 is 17.8 Å². The first-order valence-electron chi connectivity index (χ1n) is 7.93. The largest absolute Gasteiger partial charge is 0.342 e. The standard InChI is InChI=1S/C17H18N4O3/c18-11-13-3-1-12(2-4-13)5-6-14(22)21-9-7-17(8-10-21)15(23)19-16(24)20-17/h1-4H,5-10H2,(H2,19,20,23,24). The monoisotopic (exact) mass is 326 g/mol. The Balaban J connectivity index is 1.51. The molecule has 2 heterocycles. The molecule has 2 aliphatic rings. The number of imide groups is 1. The number of rotatable bonds is 3. The summed E-state index contributed by atoms with van der Waals surface area (Å²) in [7, 11) is 0. The minimum Gasteiger partial charge on any atom is -0.342 e. The minimum atomic E-state index is -0.846. The van der Waals surface area contributed by atoms with Gasteiger partial charge >= 0.3 is 6.03 Å². The predicted octanol–water partition coefficient (Wildman–Crippen LogP) is 0.691. The van der Waals surface area contributed by atoms with E-state index in [1.807, 2.05) is 12.1 Å². The summed E-state index contributed by atoms with van der Waals surface area (Å²) in [5.74, 6) is -0.254. The number of urea groups is 1. The van der Waals surface area contributed by atoms with E-state index in [0.29, 0.717) is 44.3 Å². The first-order valence-corrected chi connectivity index (χ1v) is 7.93. The van der Waals surface area contributed by atoms with Crippen LogP contribution in [0.2, 0.25) is 0 Å². The summed E-state index contributed by atoms with van der Waals surface area (Å²) in [5, 5.41) is 13.7. The fraction of sp³-hybridized carbons (Fsp3) is 0.412. The van der Waals surface area contributed by atoms with Crippen LogP contribution in [0.3, 0.4) is 0 Å². The van der Waals surface area contributed by atoms with Gasteiger partial charge in [-0.2, -0.15) is 5.26 Å². The Kier molecular flexibility index (Phi) is 4.21. The molecule has 7 nitrogen and oxygen atoms in total. The summed E-state index contributed by atoms with van der Waals surface area (Å²) in [4.78, 5) is 37.3. The highest BCUT2D eigenvalue weighted by atomic mass is 16.2. The third-order valence-electron chi connectivity index (χ3n) is 4.69. The number of piperidine rings is 1. The lowest BCUT2D eigenvalue weighted by Gasteiger charge is -2.37. The van der Waals surface area contributed by atoms with Gasteiger partial charge in [-0.25, -0.2) is 4.79 Å². The van der Waals surface area contributed by atoms with E-state index >= 15 is 0 Å². The minimum absolute atomic E-state index is 0.0407. The average Bonchev–Trinajstić information content (AvgIpc) is 2.87. The Bertz CT molecular complexity index is 712. The lowest BCUT2D eigenvalue weighted by Crippen LogP contribution is -2.55. The summed E-state index contributed by atoms with van der Waals surface area (Å²) in [6, 6.07) is 8.80. The zero-order chi connectivity index (χ0) is 17.2. The zero-order valence-electron chi connectivity index (χ0n) is 13.2. The summed E-state index contributed by atoms with van der Waals surface area (Å²) in [6.45, 7) is 0.916. The van der Waals surface area contributed by atoms with Gasteiger partial charge < -0.3 is 10.2 Å². The fourth-order valence-electron chi connectivity index (χ4n) is 3.17. The van der Waals surface area contributed by atoms with Crippen LogP contribution in [0, 0.1) is 11.3 Å². The molecule has 1 aromatic rings. The molecule has 7 heteroatoms. The molecule has 0 atom stereocenters. The van der Waals surface area contributed by atoms with E-state index in [4.69, 9.17) is 5.26 Å². The molecule has 1 spiro atoms. The van der Waals surface area contributed by atoms with Crippen LogP contribution in [-0.4, -0.2) is 41.4 Å². The van der Waals surface area contributed by atoms with Crippen LogP contribution in [-0.2, 0) is 16.0 Å². The number of aryl methyl sites for hydroxylation is 1. The fourth-order valence-corrected chi connectivity index (χ4v) is 3.17. The van der Waals surface area contributed by atoms with Gasteiger partial charge in [0.15, 0.2) is 0 Å². The van der Waals surface area contributed by atoms with Crippen LogP contribution < -0.4 is 10.6 Å². The topological polar surface area (TPSA) is 102 Å². The zero-order valence-corrected chi connectivity index (χ0v) is 13.2. The molecule has 2 fully saturated rings. The quantitative estimate of drug-likeness (QED) is 0.798. The SMILES string of the molecule is N#Cc1ccc(CCC(=O)N2CCC3(CC2)NC(=O)NC3=O)cc1. The average molecular weight is 326 g/mol. The molecule has 1 aromatic carbocycles. The Morgan fingerprint density at radius 2 is 1.88 bits per heavy atom. The first-order chi connectivity index (χ1) is 11.5. The van der Waals surface area contributed by atoms with Gasteiger partial charge in [-0.3, -0.25) is 14.9 Å². The second-order valence-electron chi connectivity index (χ2n) is 6.18. The van der Waals surface area contributed by atoms with Crippen molar-refractivity contribution in [1.29, 1.82) is 5.26 Å². The van der Waals surface area contributed by atoms with Crippen LogP contribution >= 0.6 is 0 Å². The molecule has 0 aliphatic carbocycles. The number of nitriles is 1. The number of nitrogens with zero attached hydrogens (tertiary/aromatic N) is 2. The van der Waals surface area contributed by atoms with Crippen LogP contribution in [0.5, 0.6) is 0 Å². The molecule has 2 N–H and O–H groups in total. The normalized spacial score (nSPS) is 18.9. The van der Waals surface area contributed by atoms with Crippen molar-refractivity contribution in [1.82, 2.24) is 15.5 Å². The predicted molar refractivity (Wildman–Crippen MR) is 84.7 cm³/mol. The van der Waals surface area contributed by atoms with Gasteiger partial charge in [0.05, 0.1) is 11.6 Å². The third kappa shape index (κ3) is 3.08. The Hall–Kier alpha value is -2.88. The molecule has 0 radical (unpaired) electrons. The highest BCUT2D eigenvalue weighted by molar-refractivity contribution is 6.07. The Labute approximate surface area is 139 Å². The number of likely N-dealkylation sites (tertiary alicyclic amines) is 1. The van der Waals surface area contributed by atoms with E-state index in [9.17, 15) is 14.4 Å². The molecule has 3 rings (SSSR count). The van der Waals surface area contributed by atoms with Crippen LogP contribution in [0.25, 0.3) is 0 Å². The number of benzene rings is 1. The van der Waals surface area contributed by atoms with E-state index in [1.165, 1.54) is 0 Å². The van der Waals surface area contributed by atoms with Gasteiger partial charge in [-0.15, -0.1) is 0 Å². The number of hydrogen-bond acceptors (Lipinski definition) is 4. The van der Waals surface area contributed by atoms with Crippen molar-refractivity contribution in [3.05, 3.63) is 35.4 Å². The molecule has 24 heavy (non-hydrogen) atoms. The Morgan fingerprint density at radius 1 is 1.21 bits per heavy atom. The van der Waals surface area contributed by atoms with Crippen molar-refractivity contribution < 1.29 is 14.4 Å². The van der Waals surface area contributed by atoms with E-state index in [1.54, 1.807) is 17.0 Å². The summed E-state index contributed by atoms with van der Waals surface area (Å²) < 4.78 is 0. The molecule has 2 aliphatic heterocycles. The second-order valence-corrected chi connectivity index (χ2v) is 6.18. The van der Waals surface area contributed by atoms with Gasteiger partial charge in [0, 0.05) is 19.5 Å². The van der Waals surface area contributed by atoms with E-state index in [-0.39, 0.29) is 11.8 Å². The van der Waals surface area contributed by atoms with Crippen molar-refractivity contribution in [3.8, 4) is 6.07 Å². The van der Waals surface area contributed by atoms with Crippen molar-refractivity contribution in [3.63, 3.8) is 0 Å². The van der Waals surface area contributed by atoms with E-state index < -0.39 is 11.6 Å². The third-order valence-corrected chi connectivity index (χ3v) is 4.69. The van der Waals surface area contributed by atoms with Gasteiger partial charge in [-0.1, -0.05) is 12.1 Å². The summed E-state index contributed by atoms with van der Waals surface area (Å²) >= 11 is 0. The van der Waals surface area contributed by atoms with Gasteiger partial charge in [0.25, 0.3) is 5.91 Å². The maximum absolute atomic E-state index is 12.3. The van der Waals surface area contributed by atoms with Crippen LogP contribution in [0.4, 0.5) is 4.79 Å². The van der Waals surface area contributed by atoms with Gasteiger partial charge in [0.1, 0.15) is 5.54 Å². The molecule has 2 saturated heterocycles. The molecule has 0 unspecified atom stereocenters. The molecule has 124 valence electrons. The number of hydrogen-bond donors (Lipinski definition) is 2. The lowest BCUT2D eigenvalue weighted by atomic mass is 9.87. The highest BCUT2D eigenvalue weighted by Crippen LogP contribution is 2.26. The van der Waals surface area contributed by atoms with E-state index in [2.05, 4.69) is 16.7 Å². The smallest absolute Gasteiger partial charge is 0.322 e. The second kappa shape index (κ2) is 6.32. The van der Waals surface area contributed by atoms with Crippen LogP contribution in [0.1, 0.15) is 30.4 Å². The lowest BCUT2D eigenvalue weighted by molar-refractivity contribution is -0.135. The van der Waals surface area contributed by atoms with Gasteiger partial charge in [-0.05, 0) is 37.0 Å². The molecule has 4 amide bonds. The maximum atomic E-state index is 12.3. The van der Waals surface area contributed by atoms with Crippen LogP contribution in [0.15, 0.2) is 24.3 Å². The number of nitrogens with one attached hydrogen (secondary N) is 2. The van der Waals surface area contributed by atoms with Crippen molar-refractivity contribution in [2.45, 2.75) is 31.2 Å². The van der Waals surface area contributed by atoms with Gasteiger partial charge in [0.2, 0.25) is 5.91 Å². The first kappa shape index (κ1) is 16.0. The molecule has 0 saturated carbocycles. The maximum Gasteiger partial charge on any atom is 0.322 e. The summed E-state index contributed by atoms with van der Waals surface area (Å²) in [5.41, 5.74) is 0.766. The molecular weight excluding hydrogens is 308 g/mol. The highest BCUT2D eigenvalue weighted by Gasteiger charge is 2.48. The van der Waals surface area contributed by atoms with Crippen molar-refractivity contribution in [2.24, 2.45) is 0 Å². The number of carbonyl (C=O) groups excluding carboxylic acids is 3. The van der Waals surface area contributed by atoms with E-state index in [0.717, 1.165) is 5.56 Å². The summed E-state index contributed by atoms with van der Waals surface area (Å²) in [6.07, 6.45) is 1.88. The molecule has 0 aromatic heterocycles. The molecule has 0 bridgehead atoms. The van der Waals surface area contributed by atoms with Crippen molar-refractivity contribution in [2.75, 3.05) is 13.1 Å². The molecular formula is C17H18N4O3.